The monoisotopic (exact) mass is 200 g/mol. The maximum atomic E-state index is 11.1. The van der Waals surface area contributed by atoms with Gasteiger partial charge in [-0.3, -0.25) is 10.1 Å². The molecule has 1 aromatic carbocycles. The highest BCUT2D eigenvalue weighted by Gasteiger charge is 2.05. The molecule has 0 aliphatic carbocycles. The Bertz CT molecular complexity index is 505. The molecule has 74 valence electrons. The van der Waals surface area contributed by atoms with Gasteiger partial charge in [-0.2, -0.15) is 5.26 Å². The van der Waals surface area contributed by atoms with Crippen LogP contribution in [0.5, 0.6) is 0 Å². The largest absolute Gasteiger partial charge is 0.324 e. The van der Waals surface area contributed by atoms with Crippen molar-refractivity contribution in [2.75, 3.05) is 5.32 Å². The Morgan fingerprint density at radius 1 is 1.53 bits per heavy atom. The van der Waals surface area contributed by atoms with Gasteiger partial charge in [0, 0.05) is 0 Å². The lowest BCUT2D eigenvalue weighted by Gasteiger charge is -1.94. The van der Waals surface area contributed by atoms with Crippen LogP contribution in [0.1, 0.15) is 6.42 Å². The van der Waals surface area contributed by atoms with E-state index in [4.69, 9.17) is 5.26 Å². The molecule has 5 nitrogen and oxygen atoms in total. The van der Waals surface area contributed by atoms with Gasteiger partial charge in [0.25, 0.3) is 0 Å². The zero-order valence-electron chi connectivity index (χ0n) is 7.82. The molecule has 0 aliphatic heterocycles. The van der Waals surface area contributed by atoms with E-state index in [2.05, 4.69) is 15.3 Å². The average molecular weight is 200 g/mol. The van der Waals surface area contributed by atoms with Crippen LogP contribution in [0.25, 0.3) is 11.0 Å². The summed E-state index contributed by atoms with van der Waals surface area (Å²) in [5.41, 5.74) is 1.63. The number of fused-ring (bicyclic) bond motifs is 1. The molecule has 1 heterocycles. The Hall–Kier alpha value is -2.35. The van der Waals surface area contributed by atoms with Crippen molar-refractivity contribution in [3.63, 3.8) is 0 Å². The predicted octanol–water partition coefficient (Wildman–Crippen LogP) is 1.42. The number of H-pyrrole nitrogens is 1. The van der Waals surface area contributed by atoms with Gasteiger partial charge in [-0.15, -0.1) is 0 Å². The summed E-state index contributed by atoms with van der Waals surface area (Å²) < 4.78 is 0. The van der Waals surface area contributed by atoms with Crippen LogP contribution in [0.2, 0.25) is 0 Å². The van der Waals surface area contributed by atoms with Crippen LogP contribution in [-0.2, 0) is 4.79 Å². The number of rotatable bonds is 2. The summed E-state index contributed by atoms with van der Waals surface area (Å²) in [4.78, 5) is 18.2. The Morgan fingerprint density at radius 2 is 2.33 bits per heavy atom. The Kier molecular flexibility index (Phi) is 2.33. The van der Waals surface area contributed by atoms with Crippen molar-refractivity contribution in [2.45, 2.75) is 6.42 Å². The van der Waals surface area contributed by atoms with E-state index in [9.17, 15) is 4.79 Å². The molecular weight excluding hydrogens is 192 g/mol. The molecule has 0 bridgehead atoms. The third kappa shape index (κ3) is 1.94. The fraction of sp³-hybridized carbons (Fsp3) is 0.100. The minimum Gasteiger partial charge on any atom is -0.324 e. The van der Waals surface area contributed by atoms with Crippen LogP contribution in [-0.4, -0.2) is 15.9 Å². The molecule has 0 aliphatic rings. The van der Waals surface area contributed by atoms with Crippen LogP contribution >= 0.6 is 0 Å². The van der Waals surface area contributed by atoms with Crippen molar-refractivity contribution >= 4 is 22.9 Å². The SMILES string of the molecule is N#CCC(=O)Nc1nc2ccccc2[nH]1. The number of carbonyl (C=O) groups is 1. The van der Waals surface area contributed by atoms with Gasteiger partial charge in [0.1, 0.15) is 6.42 Å². The zero-order valence-corrected chi connectivity index (χ0v) is 7.82. The second-order valence-electron chi connectivity index (χ2n) is 2.99. The molecule has 2 aromatic rings. The van der Waals surface area contributed by atoms with Gasteiger partial charge >= 0.3 is 0 Å². The quantitative estimate of drug-likeness (QED) is 0.769. The van der Waals surface area contributed by atoms with Crippen LogP contribution in [0.4, 0.5) is 5.95 Å². The molecule has 1 amide bonds. The summed E-state index contributed by atoms with van der Waals surface area (Å²) in [6, 6.07) is 9.21. The third-order valence-corrected chi connectivity index (χ3v) is 1.89. The van der Waals surface area contributed by atoms with Crippen LogP contribution < -0.4 is 5.32 Å². The fourth-order valence-electron chi connectivity index (χ4n) is 1.26. The molecule has 0 atom stereocenters. The summed E-state index contributed by atoms with van der Waals surface area (Å²) >= 11 is 0. The summed E-state index contributed by atoms with van der Waals surface area (Å²) in [6.07, 6.45) is -0.170. The molecular formula is C10H8N4O. The first-order valence-corrected chi connectivity index (χ1v) is 4.41. The van der Waals surface area contributed by atoms with Crippen molar-refractivity contribution in [1.82, 2.24) is 9.97 Å². The van der Waals surface area contributed by atoms with Gasteiger partial charge in [0.15, 0.2) is 0 Å². The fourth-order valence-corrected chi connectivity index (χ4v) is 1.26. The van der Waals surface area contributed by atoms with Gasteiger partial charge in [-0.1, -0.05) is 12.1 Å². The van der Waals surface area contributed by atoms with E-state index < -0.39 is 0 Å². The number of benzene rings is 1. The summed E-state index contributed by atoms with van der Waals surface area (Å²) in [7, 11) is 0. The van der Waals surface area contributed by atoms with Crippen molar-refractivity contribution in [1.29, 1.82) is 5.26 Å². The number of nitriles is 1. The number of carbonyl (C=O) groups excluding carboxylic acids is 1. The van der Waals surface area contributed by atoms with Crippen LogP contribution in [0.15, 0.2) is 24.3 Å². The Morgan fingerprint density at radius 3 is 3.07 bits per heavy atom. The standard InChI is InChI=1S/C10H8N4O/c11-6-5-9(15)14-10-12-7-3-1-2-4-8(7)13-10/h1-4H,5H2,(H2,12,13,14,15). The number of amides is 1. The highest BCUT2D eigenvalue weighted by molar-refractivity contribution is 5.92. The second kappa shape index (κ2) is 3.80. The van der Waals surface area contributed by atoms with E-state index in [1.165, 1.54) is 0 Å². The number of para-hydroxylation sites is 2. The highest BCUT2D eigenvalue weighted by Crippen LogP contribution is 2.13. The molecule has 0 fully saturated rings. The molecule has 2 rings (SSSR count). The van der Waals surface area contributed by atoms with Crippen LogP contribution in [0, 0.1) is 11.3 Å². The van der Waals surface area contributed by atoms with E-state index >= 15 is 0 Å². The topological polar surface area (TPSA) is 81.6 Å². The Balaban J connectivity index is 2.23. The lowest BCUT2D eigenvalue weighted by molar-refractivity contribution is -0.115. The van der Waals surface area contributed by atoms with Crippen molar-refractivity contribution in [3.8, 4) is 6.07 Å². The summed E-state index contributed by atoms with van der Waals surface area (Å²) in [6.45, 7) is 0. The van der Waals surface area contributed by atoms with E-state index in [0.717, 1.165) is 11.0 Å². The maximum Gasteiger partial charge on any atom is 0.240 e. The van der Waals surface area contributed by atoms with E-state index in [1.807, 2.05) is 24.3 Å². The number of imidazole rings is 1. The first-order valence-electron chi connectivity index (χ1n) is 4.41. The molecule has 2 N–H and O–H groups in total. The molecule has 0 radical (unpaired) electrons. The predicted molar refractivity (Wildman–Crippen MR) is 55.0 cm³/mol. The van der Waals surface area contributed by atoms with Crippen molar-refractivity contribution < 1.29 is 4.79 Å². The van der Waals surface area contributed by atoms with Gasteiger partial charge in [-0.05, 0) is 12.1 Å². The minimum absolute atomic E-state index is 0.170. The second-order valence-corrected chi connectivity index (χ2v) is 2.99. The van der Waals surface area contributed by atoms with Crippen LogP contribution in [0.3, 0.4) is 0 Å². The van der Waals surface area contributed by atoms with E-state index in [1.54, 1.807) is 6.07 Å². The number of aromatic amines is 1. The molecule has 15 heavy (non-hydrogen) atoms. The zero-order chi connectivity index (χ0) is 10.7. The van der Waals surface area contributed by atoms with Gasteiger partial charge < -0.3 is 4.98 Å². The first kappa shape index (κ1) is 9.21. The lowest BCUT2D eigenvalue weighted by atomic mass is 10.3. The van der Waals surface area contributed by atoms with E-state index in [0.29, 0.717) is 5.95 Å². The number of aromatic nitrogens is 2. The number of nitrogens with zero attached hydrogens (tertiary/aromatic N) is 2. The Labute approximate surface area is 85.7 Å². The van der Waals surface area contributed by atoms with Gasteiger partial charge in [0.2, 0.25) is 11.9 Å². The van der Waals surface area contributed by atoms with Gasteiger partial charge in [0.05, 0.1) is 17.1 Å². The number of hydrogen-bond donors (Lipinski definition) is 2. The van der Waals surface area contributed by atoms with Crippen molar-refractivity contribution in [2.24, 2.45) is 0 Å². The molecule has 0 unspecified atom stereocenters. The maximum absolute atomic E-state index is 11.1. The molecule has 0 saturated heterocycles. The smallest absolute Gasteiger partial charge is 0.240 e. The molecule has 5 heteroatoms. The molecule has 0 saturated carbocycles. The number of nitrogens with one attached hydrogen (secondary N) is 2. The normalized spacial score (nSPS) is 9.80. The number of anilines is 1. The number of hydrogen-bond acceptors (Lipinski definition) is 3. The van der Waals surface area contributed by atoms with Gasteiger partial charge in [-0.25, -0.2) is 4.98 Å². The highest BCUT2D eigenvalue weighted by atomic mass is 16.1. The average Bonchev–Trinajstić information content (AvgIpc) is 2.59. The lowest BCUT2D eigenvalue weighted by Crippen LogP contribution is -2.11. The molecule has 0 spiro atoms. The summed E-state index contributed by atoms with van der Waals surface area (Å²) in [5, 5.41) is 10.8. The summed E-state index contributed by atoms with van der Waals surface area (Å²) in [5.74, 6) is 0.00741. The van der Waals surface area contributed by atoms with E-state index in [-0.39, 0.29) is 12.3 Å². The third-order valence-electron chi connectivity index (χ3n) is 1.89. The first-order chi connectivity index (χ1) is 7.29. The minimum atomic E-state index is -0.364. The van der Waals surface area contributed by atoms with Crippen molar-refractivity contribution in [3.05, 3.63) is 24.3 Å². The molecule has 1 aromatic heterocycles.